The number of carbonyl (C=O) groups excluding carboxylic acids is 2. The summed E-state index contributed by atoms with van der Waals surface area (Å²) in [6.45, 7) is 5.32. The van der Waals surface area contributed by atoms with Crippen LogP contribution in [-0.4, -0.2) is 23.9 Å². The lowest BCUT2D eigenvalue weighted by atomic mass is 9.92. The van der Waals surface area contributed by atoms with Crippen molar-refractivity contribution in [3.05, 3.63) is 24.3 Å². The highest BCUT2D eigenvalue weighted by atomic mass is 19.4. The molecule has 21 heavy (non-hydrogen) atoms. The third-order valence-corrected chi connectivity index (χ3v) is 3.45. The van der Waals surface area contributed by atoms with Gasteiger partial charge in [-0.1, -0.05) is 13.2 Å². The Morgan fingerprint density at radius 1 is 0.762 bits per heavy atom. The summed E-state index contributed by atoms with van der Waals surface area (Å²) in [7, 11) is 0. The van der Waals surface area contributed by atoms with Crippen LogP contribution in [0.1, 0.15) is 19.3 Å². The Morgan fingerprint density at radius 2 is 1.05 bits per heavy atom. The third-order valence-electron chi connectivity index (χ3n) is 3.45. The Balaban J connectivity index is 2.73. The molecule has 0 N–H and O–H groups in total. The van der Waals surface area contributed by atoms with Gasteiger partial charge in [-0.15, -0.1) is 0 Å². The van der Waals surface area contributed by atoms with E-state index in [9.17, 15) is 35.9 Å². The van der Waals surface area contributed by atoms with Crippen LogP contribution in [-0.2, 0) is 9.59 Å². The maximum absolute atomic E-state index is 12.3. The summed E-state index contributed by atoms with van der Waals surface area (Å²) in [4.78, 5) is 23.1. The Bertz CT molecular complexity index is 442. The first-order valence-corrected chi connectivity index (χ1v) is 5.96. The third kappa shape index (κ3) is 3.95. The smallest absolute Gasteiger partial charge is 0.294 e. The molecule has 1 aliphatic carbocycles. The average molecular weight is 314 g/mol. The van der Waals surface area contributed by atoms with Crippen molar-refractivity contribution in [3.63, 3.8) is 0 Å². The van der Waals surface area contributed by atoms with E-state index in [1.165, 1.54) is 0 Å². The molecule has 2 atom stereocenters. The second kappa shape index (κ2) is 5.65. The van der Waals surface area contributed by atoms with Gasteiger partial charge >= 0.3 is 12.4 Å². The molecule has 0 heterocycles. The van der Waals surface area contributed by atoms with Crippen LogP contribution in [0.5, 0.6) is 0 Å². The molecule has 1 aliphatic rings. The van der Waals surface area contributed by atoms with Gasteiger partial charge in [0.25, 0.3) is 0 Å². The minimum Gasteiger partial charge on any atom is -0.294 e. The van der Waals surface area contributed by atoms with Gasteiger partial charge in [-0.05, 0) is 19.3 Å². The standard InChI is InChI=1S/C13H12F6O2/c1-6(12(14,15)16)10(20)8-3-4-9(5-8)11(21)7(2)13(17,18)19/h8-9H,1-5H2. The minimum absolute atomic E-state index is 0.0739. The van der Waals surface area contributed by atoms with E-state index in [4.69, 9.17) is 0 Å². The summed E-state index contributed by atoms with van der Waals surface area (Å²) < 4.78 is 74.1. The van der Waals surface area contributed by atoms with Crippen LogP contribution in [0.2, 0.25) is 0 Å². The van der Waals surface area contributed by atoms with Gasteiger partial charge in [-0.25, -0.2) is 0 Å². The van der Waals surface area contributed by atoms with Crippen molar-refractivity contribution in [2.45, 2.75) is 31.6 Å². The summed E-state index contributed by atoms with van der Waals surface area (Å²) in [5.74, 6) is -4.80. The molecule has 0 saturated heterocycles. The Morgan fingerprint density at radius 3 is 1.29 bits per heavy atom. The van der Waals surface area contributed by atoms with Gasteiger partial charge in [0.2, 0.25) is 0 Å². The molecule has 0 radical (unpaired) electrons. The van der Waals surface area contributed by atoms with Crippen LogP contribution in [0.4, 0.5) is 26.3 Å². The largest absolute Gasteiger partial charge is 0.419 e. The van der Waals surface area contributed by atoms with Crippen LogP contribution in [0, 0.1) is 11.8 Å². The number of ketones is 2. The predicted octanol–water partition coefficient (Wildman–Crippen LogP) is 3.78. The summed E-state index contributed by atoms with van der Waals surface area (Å²) >= 11 is 0. The fourth-order valence-electron chi connectivity index (χ4n) is 2.23. The highest BCUT2D eigenvalue weighted by Crippen LogP contribution is 2.39. The first-order valence-electron chi connectivity index (χ1n) is 5.96. The van der Waals surface area contributed by atoms with Crippen LogP contribution in [0.15, 0.2) is 24.3 Å². The number of allylic oxidation sites excluding steroid dienone is 2. The molecule has 0 bridgehead atoms. The maximum Gasteiger partial charge on any atom is 0.419 e. The number of rotatable bonds is 4. The molecule has 1 rings (SSSR count). The van der Waals surface area contributed by atoms with Crippen molar-refractivity contribution in [3.8, 4) is 0 Å². The summed E-state index contributed by atoms with van der Waals surface area (Å²) in [6, 6.07) is 0. The zero-order chi connectivity index (χ0) is 16.6. The highest BCUT2D eigenvalue weighted by Gasteiger charge is 2.45. The molecule has 0 aromatic carbocycles. The second-order valence-corrected chi connectivity index (χ2v) is 4.89. The van der Waals surface area contributed by atoms with Crippen LogP contribution in [0.3, 0.4) is 0 Å². The lowest BCUT2D eigenvalue weighted by Crippen LogP contribution is -2.26. The molecule has 1 saturated carbocycles. The number of hydrogen-bond acceptors (Lipinski definition) is 2. The molecule has 0 aromatic rings. The summed E-state index contributed by atoms with van der Waals surface area (Å²) in [5, 5.41) is 0. The number of hydrogen-bond donors (Lipinski definition) is 0. The SMILES string of the molecule is C=C(C(=O)C1CCC(C(=O)C(=C)C(F)(F)F)C1)C(F)(F)F. The van der Waals surface area contributed by atoms with Gasteiger partial charge in [-0.2, -0.15) is 26.3 Å². The van der Waals surface area contributed by atoms with E-state index in [1.807, 2.05) is 0 Å². The van der Waals surface area contributed by atoms with Crippen molar-refractivity contribution in [2.75, 3.05) is 0 Å². The number of alkyl halides is 6. The molecule has 0 aliphatic heterocycles. The molecule has 118 valence electrons. The van der Waals surface area contributed by atoms with Gasteiger partial charge < -0.3 is 0 Å². The topological polar surface area (TPSA) is 34.1 Å². The van der Waals surface area contributed by atoms with E-state index in [-0.39, 0.29) is 19.3 Å². The fraction of sp³-hybridized carbons (Fsp3) is 0.538. The summed E-state index contributed by atoms with van der Waals surface area (Å²) in [6.07, 6.45) is -10.3. The molecule has 2 nitrogen and oxygen atoms in total. The van der Waals surface area contributed by atoms with Crippen molar-refractivity contribution >= 4 is 11.6 Å². The van der Waals surface area contributed by atoms with Crippen LogP contribution >= 0.6 is 0 Å². The van der Waals surface area contributed by atoms with E-state index in [0.29, 0.717) is 0 Å². The molecule has 0 amide bonds. The van der Waals surface area contributed by atoms with Crippen molar-refractivity contribution < 1.29 is 35.9 Å². The molecule has 1 fully saturated rings. The first kappa shape index (κ1) is 17.5. The summed E-state index contributed by atoms with van der Waals surface area (Å²) in [5.41, 5.74) is -3.09. The molecule has 8 heteroatoms. The Hall–Kier alpha value is -1.60. The van der Waals surface area contributed by atoms with Gasteiger partial charge in [-0.3, -0.25) is 9.59 Å². The van der Waals surface area contributed by atoms with Crippen LogP contribution < -0.4 is 0 Å². The number of Topliss-reactive ketones (excluding diaryl/α,β-unsaturated/α-hetero) is 2. The molecule has 2 unspecified atom stereocenters. The lowest BCUT2D eigenvalue weighted by molar-refractivity contribution is -0.132. The predicted molar refractivity (Wildman–Crippen MR) is 61.2 cm³/mol. The van der Waals surface area contributed by atoms with E-state index >= 15 is 0 Å². The van der Waals surface area contributed by atoms with E-state index in [1.54, 1.807) is 0 Å². The van der Waals surface area contributed by atoms with Gasteiger partial charge in [0.15, 0.2) is 11.6 Å². The zero-order valence-electron chi connectivity index (χ0n) is 10.8. The molecule has 0 aromatic heterocycles. The molecular formula is C13H12F6O2. The van der Waals surface area contributed by atoms with Crippen LogP contribution in [0.25, 0.3) is 0 Å². The van der Waals surface area contributed by atoms with Gasteiger partial charge in [0.05, 0.1) is 11.1 Å². The van der Waals surface area contributed by atoms with E-state index in [2.05, 4.69) is 13.2 Å². The number of halogens is 6. The normalized spacial score (nSPS) is 23.0. The second-order valence-electron chi connectivity index (χ2n) is 4.89. The minimum atomic E-state index is -4.88. The Kier molecular flexibility index (Phi) is 4.70. The maximum atomic E-state index is 12.3. The van der Waals surface area contributed by atoms with Crippen molar-refractivity contribution in [1.82, 2.24) is 0 Å². The van der Waals surface area contributed by atoms with E-state index < -0.39 is 46.9 Å². The fourth-order valence-corrected chi connectivity index (χ4v) is 2.23. The lowest BCUT2D eigenvalue weighted by Gasteiger charge is -2.15. The van der Waals surface area contributed by atoms with Crippen molar-refractivity contribution in [1.29, 1.82) is 0 Å². The van der Waals surface area contributed by atoms with Crippen molar-refractivity contribution in [2.24, 2.45) is 11.8 Å². The quantitative estimate of drug-likeness (QED) is 0.584. The van der Waals surface area contributed by atoms with E-state index in [0.717, 1.165) is 0 Å². The Labute approximate surface area is 116 Å². The first-order chi connectivity index (χ1) is 9.35. The monoisotopic (exact) mass is 314 g/mol. The van der Waals surface area contributed by atoms with Gasteiger partial charge in [0, 0.05) is 11.8 Å². The highest BCUT2D eigenvalue weighted by molar-refractivity contribution is 6.01. The molecular weight excluding hydrogens is 302 g/mol. The zero-order valence-corrected chi connectivity index (χ0v) is 10.8. The molecule has 0 spiro atoms. The number of carbonyl (C=O) groups is 2. The van der Waals surface area contributed by atoms with Gasteiger partial charge in [0.1, 0.15) is 0 Å². The average Bonchev–Trinajstić information content (AvgIpc) is 2.82.